The lowest BCUT2D eigenvalue weighted by atomic mass is 9.94. The molecule has 0 saturated carbocycles. The van der Waals surface area contributed by atoms with Crippen LogP contribution in [0.1, 0.15) is 25.7 Å². The summed E-state index contributed by atoms with van der Waals surface area (Å²) in [6.07, 6.45) is 0.554. The Bertz CT molecular complexity index is 251. The molecule has 1 fully saturated rings. The standard InChI is InChI=1S/C12H23NO5/c14-6-4-2-1-3-5-13-7-10(16)12(18)11(17)9(13)8-15/h8-12,14,16-18H,1-7H2. The summed E-state index contributed by atoms with van der Waals surface area (Å²) < 4.78 is 0. The van der Waals surface area contributed by atoms with Gasteiger partial charge in [-0.3, -0.25) is 4.90 Å². The topological polar surface area (TPSA) is 101 Å². The van der Waals surface area contributed by atoms with Gasteiger partial charge in [0, 0.05) is 13.2 Å². The molecule has 0 spiro atoms. The van der Waals surface area contributed by atoms with Crippen LogP contribution in [0.3, 0.4) is 0 Å². The minimum Gasteiger partial charge on any atom is -0.396 e. The van der Waals surface area contributed by atoms with Crippen molar-refractivity contribution in [1.29, 1.82) is 0 Å². The third-order valence-corrected chi connectivity index (χ3v) is 3.43. The van der Waals surface area contributed by atoms with E-state index in [9.17, 15) is 20.1 Å². The molecule has 4 N–H and O–H groups in total. The van der Waals surface area contributed by atoms with Gasteiger partial charge in [0.1, 0.15) is 18.5 Å². The highest BCUT2D eigenvalue weighted by Crippen LogP contribution is 2.18. The summed E-state index contributed by atoms with van der Waals surface area (Å²) in [6.45, 7) is 0.974. The summed E-state index contributed by atoms with van der Waals surface area (Å²) >= 11 is 0. The van der Waals surface area contributed by atoms with Crippen LogP contribution in [0.2, 0.25) is 0 Å². The first-order valence-electron chi connectivity index (χ1n) is 6.46. The zero-order valence-electron chi connectivity index (χ0n) is 10.5. The van der Waals surface area contributed by atoms with Crippen molar-refractivity contribution in [2.75, 3.05) is 19.7 Å². The maximum absolute atomic E-state index is 10.9. The number of carbonyl (C=O) groups is 1. The van der Waals surface area contributed by atoms with Crippen molar-refractivity contribution in [1.82, 2.24) is 4.90 Å². The van der Waals surface area contributed by atoms with E-state index in [-0.39, 0.29) is 13.2 Å². The average Bonchev–Trinajstić information content (AvgIpc) is 2.36. The second-order valence-corrected chi connectivity index (χ2v) is 4.81. The Morgan fingerprint density at radius 2 is 1.72 bits per heavy atom. The van der Waals surface area contributed by atoms with Gasteiger partial charge >= 0.3 is 0 Å². The molecular weight excluding hydrogens is 238 g/mol. The molecular formula is C12H23NO5. The van der Waals surface area contributed by atoms with Crippen LogP contribution in [0.4, 0.5) is 0 Å². The fourth-order valence-electron chi connectivity index (χ4n) is 2.30. The number of likely N-dealkylation sites (tertiary alicyclic amines) is 1. The highest BCUT2D eigenvalue weighted by Gasteiger charge is 2.40. The van der Waals surface area contributed by atoms with Crippen LogP contribution in [-0.4, -0.2) is 75.7 Å². The molecule has 18 heavy (non-hydrogen) atoms. The summed E-state index contributed by atoms with van der Waals surface area (Å²) in [5.74, 6) is 0. The Hall–Kier alpha value is -0.530. The molecule has 4 atom stereocenters. The molecule has 0 bridgehead atoms. The lowest BCUT2D eigenvalue weighted by molar-refractivity contribution is -0.147. The van der Waals surface area contributed by atoms with Crippen LogP contribution >= 0.6 is 0 Å². The number of rotatable bonds is 7. The maximum atomic E-state index is 10.9. The van der Waals surface area contributed by atoms with Gasteiger partial charge in [-0.2, -0.15) is 0 Å². The molecule has 6 heteroatoms. The molecule has 106 valence electrons. The van der Waals surface area contributed by atoms with E-state index < -0.39 is 24.4 Å². The number of nitrogens with zero attached hydrogens (tertiary/aromatic N) is 1. The summed E-state index contributed by atoms with van der Waals surface area (Å²) in [5.41, 5.74) is 0. The average molecular weight is 261 g/mol. The van der Waals surface area contributed by atoms with Gasteiger partial charge in [0.25, 0.3) is 0 Å². The Labute approximate surface area is 107 Å². The number of aliphatic hydroxyl groups excluding tert-OH is 4. The Kier molecular flexibility index (Phi) is 6.73. The van der Waals surface area contributed by atoms with Gasteiger partial charge < -0.3 is 25.2 Å². The van der Waals surface area contributed by atoms with E-state index in [2.05, 4.69) is 0 Å². The van der Waals surface area contributed by atoms with E-state index in [1.807, 2.05) is 0 Å². The van der Waals surface area contributed by atoms with Crippen molar-refractivity contribution in [3.8, 4) is 0 Å². The minimum absolute atomic E-state index is 0.185. The molecule has 0 aromatic rings. The van der Waals surface area contributed by atoms with Gasteiger partial charge in [-0.15, -0.1) is 0 Å². The van der Waals surface area contributed by atoms with E-state index >= 15 is 0 Å². The van der Waals surface area contributed by atoms with Gasteiger partial charge in [-0.05, 0) is 19.4 Å². The van der Waals surface area contributed by atoms with Crippen molar-refractivity contribution in [2.24, 2.45) is 0 Å². The van der Waals surface area contributed by atoms with Crippen molar-refractivity contribution in [3.63, 3.8) is 0 Å². The molecule has 1 aliphatic rings. The summed E-state index contributed by atoms with van der Waals surface area (Å²) in [5, 5.41) is 37.4. The number of unbranched alkanes of at least 4 members (excludes halogenated alkanes) is 3. The second kappa shape index (κ2) is 7.81. The second-order valence-electron chi connectivity index (χ2n) is 4.81. The lowest BCUT2D eigenvalue weighted by Gasteiger charge is -2.41. The first kappa shape index (κ1) is 15.5. The quantitative estimate of drug-likeness (QED) is 0.329. The highest BCUT2D eigenvalue weighted by molar-refractivity contribution is 5.59. The number of β-amino-alcohol motifs (C(OH)–C–C–N with tert-alkyl or cyclic N) is 1. The first-order valence-corrected chi connectivity index (χ1v) is 6.46. The molecule has 1 rings (SSSR count). The molecule has 0 aliphatic carbocycles. The van der Waals surface area contributed by atoms with Crippen LogP contribution in [0.5, 0.6) is 0 Å². The SMILES string of the molecule is O=CC1C(O)C(O)C(O)CN1CCCCCCO. The third-order valence-electron chi connectivity index (χ3n) is 3.43. The number of aldehydes is 1. The highest BCUT2D eigenvalue weighted by atomic mass is 16.4. The molecule has 0 radical (unpaired) electrons. The maximum Gasteiger partial charge on any atom is 0.139 e. The van der Waals surface area contributed by atoms with E-state index in [0.717, 1.165) is 25.7 Å². The van der Waals surface area contributed by atoms with E-state index in [0.29, 0.717) is 12.8 Å². The normalized spacial score (nSPS) is 33.6. The molecule has 1 heterocycles. The Morgan fingerprint density at radius 3 is 2.33 bits per heavy atom. The van der Waals surface area contributed by atoms with Gasteiger partial charge in [0.2, 0.25) is 0 Å². The summed E-state index contributed by atoms with van der Waals surface area (Å²) in [4.78, 5) is 12.6. The number of carbonyl (C=O) groups excluding carboxylic acids is 1. The van der Waals surface area contributed by atoms with E-state index in [4.69, 9.17) is 5.11 Å². The fourth-order valence-corrected chi connectivity index (χ4v) is 2.30. The monoisotopic (exact) mass is 261 g/mol. The van der Waals surface area contributed by atoms with Gasteiger partial charge in [0.15, 0.2) is 0 Å². The van der Waals surface area contributed by atoms with Crippen molar-refractivity contribution in [2.45, 2.75) is 50.0 Å². The van der Waals surface area contributed by atoms with Crippen LogP contribution in [0.25, 0.3) is 0 Å². The molecule has 0 aromatic carbocycles. The predicted molar refractivity (Wildman–Crippen MR) is 65.0 cm³/mol. The molecule has 0 aromatic heterocycles. The first-order chi connectivity index (χ1) is 8.61. The zero-order valence-corrected chi connectivity index (χ0v) is 10.5. The molecule has 6 nitrogen and oxygen atoms in total. The van der Waals surface area contributed by atoms with Crippen LogP contribution < -0.4 is 0 Å². The number of hydrogen-bond acceptors (Lipinski definition) is 6. The van der Waals surface area contributed by atoms with E-state index in [1.54, 1.807) is 4.90 Å². The van der Waals surface area contributed by atoms with Crippen LogP contribution in [0.15, 0.2) is 0 Å². The van der Waals surface area contributed by atoms with Crippen molar-refractivity contribution < 1.29 is 25.2 Å². The summed E-state index contributed by atoms with van der Waals surface area (Å²) in [6, 6.07) is -0.749. The predicted octanol–water partition coefficient (Wildman–Crippen LogP) is -1.50. The summed E-state index contributed by atoms with van der Waals surface area (Å²) in [7, 11) is 0. The molecule has 0 amide bonds. The largest absolute Gasteiger partial charge is 0.396 e. The fraction of sp³-hybridized carbons (Fsp3) is 0.917. The minimum atomic E-state index is -1.26. The van der Waals surface area contributed by atoms with Gasteiger partial charge in [-0.1, -0.05) is 12.8 Å². The van der Waals surface area contributed by atoms with Crippen LogP contribution in [-0.2, 0) is 4.79 Å². The number of piperidine rings is 1. The molecule has 1 saturated heterocycles. The Morgan fingerprint density at radius 1 is 1.06 bits per heavy atom. The number of hydrogen-bond donors (Lipinski definition) is 4. The van der Waals surface area contributed by atoms with Gasteiger partial charge in [0.05, 0.1) is 12.1 Å². The molecule has 1 aliphatic heterocycles. The lowest BCUT2D eigenvalue weighted by Crippen LogP contribution is -2.61. The van der Waals surface area contributed by atoms with E-state index in [1.165, 1.54) is 0 Å². The third kappa shape index (κ3) is 4.00. The van der Waals surface area contributed by atoms with Crippen molar-refractivity contribution >= 4 is 6.29 Å². The Balaban J connectivity index is 2.40. The smallest absolute Gasteiger partial charge is 0.139 e. The van der Waals surface area contributed by atoms with Crippen LogP contribution in [0, 0.1) is 0 Å². The number of aliphatic hydroxyl groups is 4. The van der Waals surface area contributed by atoms with Crippen molar-refractivity contribution in [3.05, 3.63) is 0 Å². The van der Waals surface area contributed by atoms with Gasteiger partial charge in [-0.25, -0.2) is 0 Å². The molecule has 4 unspecified atom stereocenters. The zero-order chi connectivity index (χ0) is 13.5.